The van der Waals surface area contributed by atoms with Gasteiger partial charge in [0.2, 0.25) is 0 Å². The number of aromatic nitrogens is 1. The summed E-state index contributed by atoms with van der Waals surface area (Å²) in [5, 5.41) is 8.44. The van der Waals surface area contributed by atoms with Crippen LogP contribution in [0.15, 0.2) is 9.00 Å². The molecule has 0 bridgehead atoms. The maximum Gasteiger partial charge on any atom is 0.277 e. The molecule has 0 aliphatic heterocycles. The SMILES string of the molecule is CS(=O)c1s[nH]c(=O)c1C#N. The first-order valence-corrected chi connectivity index (χ1v) is 4.99. The van der Waals surface area contributed by atoms with Crippen molar-refractivity contribution >= 4 is 22.3 Å². The predicted molar refractivity (Wildman–Crippen MR) is 42.0 cm³/mol. The quantitative estimate of drug-likeness (QED) is 0.676. The van der Waals surface area contributed by atoms with Crippen LogP contribution in [-0.4, -0.2) is 14.8 Å². The van der Waals surface area contributed by atoms with E-state index >= 15 is 0 Å². The fourth-order valence-electron chi connectivity index (χ4n) is 0.586. The van der Waals surface area contributed by atoms with Crippen molar-refractivity contribution in [2.75, 3.05) is 6.26 Å². The van der Waals surface area contributed by atoms with Gasteiger partial charge in [-0.1, -0.05) is 0 Å². The molecule has 0 saturated heterocycles. The highest BCUT2D eigenvalue weighted by Gasteiger charge is 2.11. The van der Waals surface area contributed by atoms with Gasteiger partial charge in [-0.15, -0.1) is 0 Å². The van der Waals surface area contributed by atoms with Crippen molar-refractivity contribution in [3.8, 4) is 6.07 Å². The summed E-state index contributed by atoms with van der Waals surface area (Å²) in [6, 6.07) is 1.70. The lowest BCUT2D eigenvalue weighted by Gasteiger charge is -1.84. The third kappa shape index (κ3) is 1.39. The van der Waals surface area contributed by atoms with Crippen LogP contribution in [0.3, 0.4) is 0 Å². The average Bonchev–Trinajstić information content (AvgIpc) is 2.30. The Labute approximate surface area is 69.1 Å². The number of hydrogen-bond donors (Lipinski definition) is 1. The predicted octanol–water partition coefficient (Wildman–Crippen LogP) is 0.0455. The van der Waals surface area contributed by atoms with Gasteiger partial charge in [0.15, 0.2) is 0 Å². The summed E-state index contributed by atoms with van der Waals surface area (Å²) in [5.74, 6) is 0. The molecule has 0 saturated carbocycles. The Hall–Kier alpha value is -0.930. The van der Waals surface area contributed by atoms with Crippen molar-refractivity contribution in [3.05, 3.63) is 15.9 Å². The molecule has 1 atom stereocenters. The van der Waals surface area contributed by atoms with Gasteiger partial charge in [0.1, 0.15) is 15.8 Å². The normalized spacial score (nSPS) is 12.4. The van der Waals surface area contributed by atoms with E-state index in [4.69, 9.17) is 5.26 Å². The fraction of sp³-hybridized carbons (Fsp3) is 0.200. The van der Waals surface area contributed by atoms with Crippen molar-refractivity contribution in [1.29, 1.82) is 5.26 Å². The summed E-state index contributed by atoms with van der Waals surface area (Å²) in [7, 11) is -1.25. The molecule has 58 valence electrons. The zero-order chi connectivity index (χ0) is 8.43. The molecule has 0 aliphatic carbocycles. The van der Waals surface area contributed by atoms with E-state index < -0.39 is 16.4 Å². The Bertz CT molecular complexity index is 384. The highest BCUT2D eigenvalue weighted by Crippen LogP contribution is 2.11. The van der Waals surface area contributed by atoms with Crippen LogP contribution < -0.4 is 5.56 Å². The maximum absolute atomic E-state index is 10.8. The number of hydrogen-bond acceptors (Lipinski definition) is 4. The van der Waals surface area contributed by atoms with Gasteiger partial charge in [-0.25, -0.2) is 0 Å². The van der Waals surface area contributed by atoms with E-state index in [1.807, 2.05) is 0 Å². The number of H-pyrrole nitrogens is 1. The lowest BCUT2D eigenvalue weighted by Crippen LogP contribution is -2.02. The summed E-state index contributed by atoms with van der Waals surface area (Å²) < 4.78 is 13.5. The topological polar surface area (TPSA) is 73.7 Å². The lowest BCUT2D eigenvalue weighted by molar-refractivity contribution is 0.688. The van der Waals surface area contributed by atoms with Gasteiger partial charge in [-0.2, -0.15) is 5.26 Å². The first-order valence-electron chi connectivity index (χ1n) is 2.62. The molecule has 1 heterocycles. The molecule has 0 spiro atoms. The van der Waals surface area contributed by atoms with Gasteiger partial charge in [-0.05, 0) is 11.5 Å². The van der Waals surface area contributed by atoms with E-state index in [0.717, 1.165) is 11.5 Å². The second-order valence-corrected chi connectivity index (χ2v) is 4.15. The molecular formula is C5H4N2O2S2. The van der Waals surface area contributed by atoms with Crippen LogP contribution in [0.2, 0.25) is 0 Å². The highest BCUT2D eigenvalue weighted by atomic mass is 32.2. The molecule has 4 nitrogen and oxygen atoms in total. The van der Waals surface area contributed by atoms with Gasteiger partial charge < -0.3 is 0 Å². The summed E-state index contributed by atoms with van der Waals surface area (Å²) in [6.45, 7) is 0. The lowest BCUT2D eigenvalue weighted by atomic mass is 10.4. The minimum Gasteiger partial charge on any atom is -0.276 e. The molecule has 6 heteroatoms. The zero-order valence-electron chi connectivity index (χ0n) is 5.58. The smallest absolute Gasteiger partial charge is 0.276 e. The van der Waals surface area contributed by atoms with E-state index in [0.29, 0.717) is 4.21 Å². The highest BCUT2D eigenvalue weighted by molar-refractivity contribution is 7.86. The van der Waals surface area contributed by atoms with Gasteiger partial charge in [0, 0.05) is 6.26 Å². The third-order valence-corrected chi connectivity index (χ3v) is 3.40. The molecule has 1 N–H and O–H groups in total. The maximum atomic E-state index is 10.8. The van der Waals surface area contributed by atoms with Crippen molar-refractivity contribution < 1.29 is 4.21 Å². The number of nitriles is 1. The van der Waals surface area contributed by atoms with E-state index in [1.165, 1.54) is 6.26 Å². The van der Waals surface area contributed by atoms with Gasteiger partial charge in [-0.3, -0.25) is 13.4 Å². The summed E-state index contributed by atoms with van der Waals surface area (Å²) in [6.07, 6.45) is 1.43. The summed E-state index contributed by atoms with van der Waals surface area (Å²) in [5.41, 5.74) is -0.487. The first kappa shape index (κ1) is 8.17. The van der Waals surface area contributed by atoms with Crippen LogP contribution in [0.1, 0.15) is 5.56 Å². The Balaban J connectivity index is 3.42. The number of nitrogens with one attached hydrogen (secondary N) is 1. The summed E-state index contributed by atoms with van der Waals surface area (Å²) in [4.78, 5) is 10.8. The Kier molecular flexibility index (Phi) is 2.22. The second-order valence-electron chi connectivity index (χ2n) is 1.76. The monoisotopic (exact) mass is 188 g/mol. The van der Waals surface area contributed by atoms with E-state index in [2.05, 4.69) is 4.37 Å². The van der Waals surface area contributed by atoms with Crippen molar-refractivity contribution in [2.45, 2.75) is 4.21 Å². The molecule has 0 aromatic carbocycles. The Morgan fingerprint density at radius 3 is 2.73 bits per heavy atom. The molecule has 0 fully saturated rings. The van der Waals surface area contributed by atoms with E-state index in [-0.39, 0.29) is 5.56 Å². The van der Waals surface area contributed by atoms with Crippen molar-refractivity contribution in [1.82, 2.24) is 4.37 Å². The minimum atomic E-state index is -1.25. The molecular weight excluding hydrogens is 184 g/mol. The molecule has 0 radical (unpaired) electrons. The third-order valence-electron chi connectivity index (χ3n) is 1.04. The molecule has 0 amide bonds. The van der Waals surface area contributed by atoms with Gasteiger partial charge >= 0.3 is 0 Å². The fourth-order valence-corrected chi connectivity index (χ4v) is 2.13. The minimum absolute atomic E-state index is 0.0316. The molecule has 1 aromatic rings. The number of nitrogens with zero attached hydrogens (tertiary/aromatic N) is 1. The molecule has 1 aromatic heterocycles. The standard InChI is InChI=1S/C5H4N2O2S2/c1-11(9)5-3(2-6)4(8)7-10-5/h1H3,(H,7,8). The average molecular weight is 188 g/mol. The van der Waals surface area contributed by atoms with Gasteiger partial charge in [0.25, 0.3) is 5.56 Å². The summed E-state index contributed by atoms with van der Waals surface area (Å²) >= 11 is 0.949. The van der Waals surface area contributed by atoms with Crippen LogP contribution in [0.25, 0.3) is 0 Å². The van der Waals surface area contributed by atoms with E-state index in [9.17, 15) is 9.00 Å². The van der Waals surface area contributed by atoms with Crippen LogP contribution in [0, 0.1) is 11.3 Å². The first-order chi connectivity index (χ1) is 5.16. The molecule has 11 heavy (non-hydrogen) atoms. The van der Waals surface area contributed by atoms with E-state index in [1.54, 1.807) is 6.07 Å². The van der Waals surface area contributed by atoms with Crippen LogP contribution in [0.5, 0.6) is 0 Å². The number of aromatic amines is 1. The second kappa shape index (κ2) is 2.98. The van der Waals surface area contributed by atoms with Crippen LogP contribution >= 0.6 is 11.5 Å². The Morgan fingerprint density at radius 1 is 1.73 bits per heavy atom. The van der Waals surface area contributed by atoms with Crippen LogP contribution in [0.4, 0.5) is 0 Å². The Morgan fingerprint density at radius 2 is 2.36 bits per heavy atom. The van der Waals surface area contributed by atoms with Crippen LogP contribution in [-0.2, 0) is 10.8 Å². The zero-order valence-corrected chi connectivity index (χ0v) is 7.21. The van der Waals surface area contributed by atoms with Crippen molar-refractivity contribution in [2.24, 2.45) is 0 Å². The largest absolute Gasteiger partial charge is 0.277 e. The molecule has 1 rings (SSSR count). The van der Waals surface area contributed by atoms with Crippen molar-refractivity contribution in [3.63, 3.8) is 0 Å². The van der Waals surface area contributed by atoms with Gasteiger partial charge in [0.05, 0.1) is 10.8 Å². The molecule has 1 unspecified atom stereocenters. The molecule has 0 aliphatic rings. The number of rotatable bonds is 1.